The third-order valence-corrected chi connectivity index (χ3v) is 6.88. The maximum Gasteiger partial charge on any atom is 0.284 e. The summed E-state index contributed by atoms with van der Waals surface area (Å²) in [4.78, 5) is 20.2. The van der Waals surface area contributed by atoms with Crippen LogP contribution in [0.5, 0.6) is 5.88 Å². The molecule has 182 valence electrons. The van der Waals surface area contributed by atoms with E-state index < -0.39 is 21.6 Å². The number of nitrogens with zero attached hydrogens (tertiary/aromatic N) is 4. The van der Waals surface area contributed by atoms with Gasteiger partial charge < -0.3 is 14.7 Å². The minimum atomic E-state index is -3.38. The number of rotatable bonds is 5. The Morgan fingerprint density at radius 1 is 1.14 bits per heavy atom. The number of carbonyl (C=O) groups is 1. The Balaban J connectivity index is 1.52. The van der Waals surface area contributed by atoms with E-state index >= 15 is 0 Å². The van der Waals surface area contributed by atoms with Gasteiger partial charge in [0.1, 0.15) is 18.2 Å². The normalized spacial score (nSPS) is 12.2. The quantitative estimate of drug-likeness (QED) is 0.297. The van der Waals surface area contributed by atoms with E-state index in [2.05, 4.69) is 20.2 Å². The molecule has 0 saturated carbocycles. The summed E-state index contributed by atoms with van der Waals surface area (Å²) < 4.78 is 38.9. The first kappa shape index (κ1) is 23.6. The van der Waals surface area contributed by atoms with Crippen LogP contribution in [0.1, 0.15) is 0 Å². The first-order chi connectivity index (χ1) is 17.1. The lowest BCUT2D eigenvalue weighted by Gasteiger charge is -2.07. The summed E-state index contributed by atoms with van der Waals surface area (Å²) in [6.07, 6.45) is 1.11. The number of benzene rings is 3. The minimum absolute atomic E-state index is 0.0586. The molecule has 0 spiro atoms. The number of H-pyrrole nitrogens is 1. The molecule has 3 aromatic carbocycles. The molecular formula is C24H17ClFN5O4S. The molecule has 5 aromatic rings. The second kappa shape index (κ2) is 8.85. The molecule has 0 atom stereocenters. The average molecular weight is 526 g/mol. The van der Waals surface area contributed by atoms with Gasteiger partial charge in [-0.05, 0) is 60.7 Å². The molecule has 0 aliphatic carbocycles. The lowest BCUT2D eigenvalue weighted by atomic mass is 10.2. The molecule has 2 N–H and O–H groups in total. The van der Waals surface area contributed by atoms with Crippen LogP contribution in [0.25, 0.3) is 33.3 Å². The zero-order valence-corrected chi connectivity index (χ0v) is 20.2. The molecule has 0 aliphatic heterocycles. The van der Waals surface area contributed by atoms with Gasteiger partial charge in [-0.15, -0.1) is 10.2 Å². The fraction of sp³-hybridized carbons (Fsp3) is 0.0833. The van der Waals surface area contributed by atoms with Crippen molar-refractivity contribution >= 4 is 55.0 Å². The van der Waals surface area contributed by atoms with Gasteiger partial charge in [0, 0.05) is 22.2 Å². The van der Waals surface area contributed by atoms with E-state index in [1.165, 1.54) is 30.3 Å². The number of hydrogen-bond donors (Lipinski definition) is 2. The third-order valence-electron chi connectivity index (χ3n) is 5.52. The fourth-order valence-electron chi connectivity index (χ4n) is 3.84. The van der Waals surface area contributed by atoms with Crippen molar-refractivity contribution in [3.63, 3.8) is 0 Å². The summed E-state index contributed by atoms with van der Waals surface area (Å²) in [6, 6.07) is 15.0. The van der Waals surface area contributed by atoms with Gasteiger partial charge in [0.15, 0.2) is 15.5 Å². The van der Waals surface area contributed by atoms with Gasteiger partial charge in [-0.2, -0.15) is 0 Å². The first-order valence-electron chi connectivity index (χ1n) is 10.5. The molecule has 9 nitrogen and oxygen atoms in total. The second-order valence-corrected chi connectivity index (χ2v) is 10.5. The zero-order chi connectivity index (χ0) is 25.6. The third kappa shape index (κ3) is 4.45. The number of hydrogen-bond acceptors (Lipinski definition) is 6. The van der Waals surface area contributed by atoms with Crippen molar-refractivity contribution in [1.29, 1.82) is 0 Å². The monoisotopic (exact) mass is 525 g/mol. The van der Waals surface area contributed by atoms with Gasteiger partial charge in [0.2, 0.25) is 5.88 Å². The molecule has 5 rings (SSSR count). The number of halogens is 2. The van der Waals surface area contributed by atoms with Crippen LogP contribution >= 0.6 is 11.6 Å². The van der Waals surface area contributed by atoms with Gasteiger partial charge in [-0.3, -0.25) is 4.79 Å². The maximum absolute atomic E-state index is 13.7. The summed E-state index contributed by atoms with van der Waals surface area (Å²) in [5, 5.41) is 18.4. The highest BCUT2D eigenvalue weighted by Gasteiger charge is 2.18. The van der Waals surface area contributed by atoms with Gasteiger partial charge in [-0.25, -0.2) is 17.8 Å². The van der Waals surface area contributed by atoms with E-state index in [-0.39, 0.29) is 28.4 Å². The van der Waals surface area contributed by atoms with Crippen LogP contribution in [0.3, 0.4) is 0 Å². The minimum Gasteiger partial charge on any atom is -0.493 e. The van der Waals surface area contributed by atoms with Gasteiger partial charge in [0.05, 0.1) is 21.4 Å². The topological polar surface area (TPSA) is 130 Å². The number of aromatic nitrogens is 3. The number of nitrogens with one attached hydrogen (secondary N) is 1. The lowest BCUT2D eigenvalue weighted by Crippen LogP contribution is -2.09. The number of aromatic amines is 1. The smallest absolute Gasteiger partial charge is 0.284 e. The molecule has 0 unspecified atom stereocenters. The first-order valence-corrected chi connectivity index (χ1v) is 12.8. The van der Waals surface area contributed by atoms with Crippen LogP contribution in [-0.2, 0) is 21.2 Å². The fourth-order valence-corrected chi connectivity index (χ4v) is 4.64. The van der Waals surface area contributed by atoms with Crippen LogP contribution in [-0.4, -0.2) is 40.2 Å². The Labute approximate surface area is 208 Å². The number of imidazole rings is 1. The average Bonchev–Trinajstić information content (AvgIpc) is 3.33. The Kier molecular flexibility index (Phi) is 5.81. The van der Waals surface area contributed by atoms with Crippen molar-refractivity contribution in [1.82, 2.24) is 14.5 Å². The number of azo groups is 1. The summed E-state index contributed by atoms with van der Waals surface area (Å²) in [5.41, 5.74) is 2.08. The van der Waals surface area contributed by atoms with Crippen molar-refractivity contribution in [2.75, 3.05) is 6.26 Å². The molecule has 0 radical (unpaired) electrons. The van der Waals surface area contributed by atoms with Crippen LogP contribution in [0, 0.1) is 5.82 Å². The number of sulfone groups is 1. The predicted molar refractivity (Wildman–Crippen MR) is 133 cm³/mol. The molecule has 36 heavy (non-hydrogen) atoms. The van der Waals surface area contributed by atoms with E-state index in [9.17, 15) is 22.7 Å². The van der Waals surface area contributed by atoms with Crippen molar-refractivity contribution in [3.05, 3.63) is 71.5 Å². The molecule has 0 saturated heterocycles. The Hall–Kier alpha value is -4.09. The molecule has 2 heterocycles. The molecule has 2 aromatic heterocycles. The standard InChI is InChI=1S/C24H17ClFN5O4S/c1-36(34,35)16-6-2-13(3-7-16)23-27-19-10-14(25)4-9-20(19)31(23)12-21(32)29-30-22-17-11-15(26)5-8-18(17)28-24(22)33/h2-11,28,33H,12H2,1H3. The molecule has 0 bridgehead atoms. The van der Waals surface area contributed by atoms with Crippen LogP contribution in [0.15, 0.2) is 75.8 Å². The highest BCUT2D eigenvalue weighted by atomic mass is 35.5. The highest BCUT2D eigenvalue weighted by Crippen LogP contribution is 2.36. The van der Waals surface area contributed by atoms with E-state index in [1.54, 1.807) is 34.9 Å². The van der Waals surface area contributed by atoms with Crippen molar-refractivity contribution in [3.8, 4) is 17.3 Å². The predicted octanol–water partition coefficient (Wildman–Crippen LogP) is 5.40. The van der Waals surface area contributed by atoms with Crippen molar-refractivity contribution < 1.29 is 22.7 Å². The van der Waals surface area contributed by atoms with E-state index in [0.717, 1.165) is 6.26 Å². The molecule has 1 amide bonds. The largest absolute Gasteiger partial charge is 0.493 e. The van der Waals surface area contributed by atoms with E-state index in [0.29, 0.717) is 33.0 Å². The Morgan fingerprint density at radius 3 is 2.61 bits per heavy atom. The van der Waals surface area contributed by atoms with Gasteiger partial charge in [-0.1, -0.05) is 11.6 Å². The molecule has 0 fully saturated rings. The number of aromatic hydroxyl groups is 1. The van der Waals surface area contributed by atoms with Gasteiger partial charge in [0.25, 0.3) is 5.91 Å². The molecule has 12 heteroatoms. The summed E-state index contributed by atoms with van der Waals surface area (Å²) in [6.45, 7) is -0.262. The Morgan fingerprint density at radius 2 is 1.89 bits per heavy atom. The van der Waals surface area contributed by atoms with Crippen molar-refractivity contribution in [2.24, 2.45) is 10.2 Å². The molecular weight excluding hydrogens is 509 g/mol. The summed E-state index contributed by atoms with van der Waals surface area (Å²) >= 11 is 6.11. The number of amides is 1. The van der Waals surface area contributed by atoms with E-state index in [4.69, 9.17) is 11.6 Å². The SMILES string of the molecule is CS(=O)(=O)c1ccc(-c2nc3cc(Cl)ccc3n2CC(=O)N=Nc2c(O)[nH]c3ccc(F)cc23)cc1. The number of fused-ring (bicyclic) bond motifs is 2. The van der Waals surface area contributed by atoms with Crippen LogP contribution in [0.2, 0.25) is 5.02 Å². The summed E-state index contributed by atoms with van der Waals surface area (Å²) in [7, 11) is -3.38. The van der Waals surface area contributed by atoms with Crippen LogP contribution < -0.4 is 0 Å². The highest BCUT2D eigenvalue weighted by molar-refractivity contribution is 7.90. The zero-order valence-electron chi connectivity index (χ0n) is 18.6. The maximum atomic E-state index is 13.7. The van der Waals surface area contributed by atoms with Crippen molar-refractivity contribution in [2.45, 2.75) is 11.4 Å². The van der Waals surface area contributed by atoms with Gasteiger partial charge >= 0.3 is 0 Å². The number of carbonyl (C=O) groups excluding carboxylic acids is 1. The van der Waals surface area contributed by atoms with E-state index in [1.807, 2.05) is 0 Å². The second-order valence-electron chi connectivity index (χ2n) is 8.06. The molecule has 0 aliphatic rings. The van der Waals surface area contributed by atoms with Crippen LogP contribution in [0.4, 0.5) is 10.1 Å². The Bertz CT molecular complexity index is 1790. The lowest BCUT2D eigenvalue weighted by molar-refractivity contribution is -0.118. The summed E-state index contributed by atoms with van der Waals surface area (Å²) in [5.74, 6) is -1.14.